The lowest BCUT2D eigenvalue weighted by atomic mass is 10.6. The van der Waals surface area contributed by atoms with Crippen molar-refractivity contribution < 1.29 is 9.47 Å². The molecule has 5 nitrogen and oxygen atoms in total. The van der Waals surface area contributed by atoms with E-state index in [1.165, 1.54) is 0 Å². The Hall–Kier alpha value is -1.07. The Balaban J connectivity index is 3.63. The van der Waals surface area contributed by atoms with Gasteiger partial charge in [0.25, 0.3) is 0 Å². The molecule has 0 saturated heterocycles. The molecule has 0 heterocycles. The van der Waals surface area contributed by atoms with E-state index >= 15 is 0 Å². The molecule has 13 heavy (non-hydrogen) atoms. The largest absolute Gasteiger partial charge is 0.370 e. The zero-order valence-corrected chi connectivity index (χ0v) is 8.12. The van der Waals surface area contributed by atoms with E-state index in [-0.39, 0.29) is 13.0 Å². The summed E-state index contributed by atoms with van der Waals surface area (Å²) in [6, 6.07) is 0. The molecular weight excluding hydrogens is 170 g/mol. The second-order valence-corrected chi connectivity index (χ2v) is 2.37. The van der Waals surface area contributed by atoms with E-state index in [9.17, 15) is 0 Å². The first-order chi connectivity index (χ1) is 6.20. The highest BCUT2D eigenvalue weighted by molar-refractivity contribution is 5.77. The van der Waals surface area contributed by atoms with Crippen molar-refractivity contribution in [3.63, 3.8) is 0 Å². The number of nitrogens with zero attached hydrogens (tertiary/aromatic N) is 1. The van der Waals surface area contributed by atoms with Crippen molar-refractivity contribution in [2.45, 2.75) is 13.2 Å². The number of rotatable bonds is 6. The van der Waals surface area contributed by atoms with Crippen molar-refractivity contribution in [1.82, 2.24) is 5.32 Å². The number of nitrogens with two attached hydrogens (primary N) is 1. The third kappa shape index (κ3) is 7.30. The maximum atomic E-state index is 5.50. The zero-order valence-electron chi connectivity index (χ0n) is 8.12. The summed E-state index contributed by atoms with van der Waals surface area (Å²) in [4.78, 5) is 3.94. The molecule has 5 heteroatoms. The molecule has 0 saturated carbocycles. The lowest BCUT2D eigenvalue weighted by Crippen LogP contribution is -2.40. The van der Waals surface area contributed by atoms with Gasteiger partial charge in [-0.3, -0.25) is 0 Å². The number of hydrogen-bond donors (Lipinski definition) is 2. The van der Waals surface area contributed by atoms with Crippen LogP contribution in [0, 0.1) is 0 Å². The lowest BCUT2D eigenvalue weighted by Gasteiger charge is -2.14. The Kier molecular flexibility index (Phi) is 6.95. The number of nitrogens with one attached hydrogen (secondary N) is 1. The minimum absolute atomic E-state index is 0.214. The Morgan fingerprint density at radius 3 is 3.00 bits per heavy atom. The van der Waals surface area contributed by atoms with Gasteiger partial charge in [0, 0.05) is 7.11 Å². The molecule has 0 aromatic rings. The molecule has 0 amide bonds. The monoisotopic (exact) mass is 187 g/mol. The van der Waals surface area contributed by atoms with Crippen molar-refractivity contribution in [3.05, 3.63) is 12.7 Å². The van der Waals surface area contributed by atoms with Crippen LogP contribution < -0.4 is 11.1 Å². The summed E-state index contributed by atoms with van der Waals surface area (Å²) in [5, 5.41) is 2.83. The minimum atomic E-state index is -0.214. The van der Waals surface area contributed by atoms with Gasteiger partial charge in [0.1, 0.15) is 13.0 Å². The molecule has 0 aromatic heterocycles. The van der Waals surface area contributed by atoms with Crippen LogP contribution in [0.25, 0.3) is 0 Å². The summed E-state index contributed by atoms with van der Waals surface area (Å²) in [5.41, 5.74) is 5.50. The van der Waals surface area contributed by atoms with Crippen molar-refractivity contribution in [2.75, 3.05) is 20.4 Å². The van der Waals surface area contributed by atoms with Gasteiger partial charge in [0.05, 0.1) is 6.54 Å². The second kappa shape index (κ2) is 7.57. The highest BCUT2D eigenvalue weighted by Crippen LogP contribution is 1.84. The van der Waals surface area contributed by atoms with E-state index in [4.69, 9.17) is 15.2 Å². The van der Waals surface area contributed by atoms with Crippen LogP contribution in [-0.2, 0) is 9.47 Å². The summed E-state index contributed by atoms with van der Waals surface area (Å²) in [7, 11) is 1.56. The van der Waals surface area contributed by atoms with Gasteiger partial charge in [-0.15, -0.1) is 6.58 Å². The topological polar surface area (TPSA) is 68.9 Å². The number of aliphatic imine (C=N–C) groups is 1. The maximum absolute atomic E-state index is 5.50. The minimum Gasteiger partial charge on any atom is -0.370 e. The van der Waals surface area contributed by atoms with Gasteiger partial charge in [-0.05, 0) is 6.92 Å². The number of guanidine groups is 1. The highest BCUT2D eigenvalue weighted by Gasteiger charge is 2.00. The van der Waals surface area contributed by atoms with Gasteiger partial charge in [-0.2, -0.15) is 0 Å². The Morgan fingerprint density at radius 1 is 1.77 bits per heavy atom. The normalized spacial score (nSPS) is 13.8. The van der Waals surface area contributed by atoms with Crippen LogP contribution >= 0.6 is 0 Å². The third-order valence-corrected chi connectivity index (χ3v) is 1.18. The van der Waals surface area contributed by atoms with Gasteiger partial charge in [-0.1, -0.05) is 6.08 Å². The van der Waals surface area contributed by atoms with Crippen LogP contribution in [0.5, 0.6) is 0 Å². The smallest absolute Gasteiger partial charge is 0.190 e. The molecule has 0 aromatic carbocycles. The molecule has 1 atom stereocenters. The fourth-order valence-electron chi connectivity index (χ4n) is 0.629. The molecule has 0 radical (unpaired) electrons. The van der Waals surface area contributed by atoms with E-state index in [0.29, 0.717) is 12.5 Å². The number of hydrogen-bond acceptors (Lipinski definition) is 3. The molecule has 0 aliphatic heterocycles. The van der Waals surface area contributed by atoms with E-state index in [0.717, 1.165) is 0 Å². The van der Waals surface area contributed by atoms with E-state index in [2.05, 4.69) is 16.9 Å². The van der Waals surface area contributed by atoms with Gasteiger partial charge >= 0.3 is 0 Å². The molecule has 0 bridgehead atoms. The predicted molar refractivity (Wildman–Crippen MR) is 52.2 cm³/mol. The quantitative estimate of drug-likeness (QED) is 0.267. The van der Waals surface area contributed by atoms with Crippen LogP contribution in [0.1, 0.15) is 6.92 Å². The zero-order chi connectivity index (χ0) is 10.1. The van der Waals surface area contributed by atoms with Crippen molar-refractivity contribution in [2.24, 2.45) is 10.7 Å². The van der Waals surface area contributed by atoms with Gasteiger partial charge in [-0.25, -0.2) is 4.99 Å². The molecule has 0 spiro atoms. The standard InChI is InChI=1S/C8H17N3O2/c1-4-5-10-8(9)11-7(2)13-6-12-3/h4,7H,1,5-6H2,2-3H3,(H3,9,10,11). The summed E-state index contributed by atoms with van der Waals surface area (Å²) in [6.07, 6.45) is 1.45. The molecule has 0 aliphatic rings. The molecule has 0 aliphatic carbocycles. The van der Waals surface area contributed by atoms with Crippen LogP contribution in [0.2, 0.25) is 0 Å². The van der Waals surface area contributed by atoms with E-state index in [1.807, 2.05) is 6.92 Å². The maximum Gasteiger partial charge on any atom is 0.190 e. The van der Waals surface area contributed by atoms with Crippen molar-refractivity contribution in [1.29, 1.82) is 0 Å². The summed E-state index contributed by atoms with van der Waals surface area (Å²) < 4.78 is 9.84. The Morgan fingerprint density at radius 2 is 2.46 bits per heavy atom. The summed E-state index contributed by atoms with van der Waals surface area (Å²) in [5.74, 6) is 0.337. The average molecular weight is 187 g/mol. The molecule has 0 fully saturated rings. The Bertz CT molecular complexity index is 171. The van der Waals surface area contributed by atoms with Crippen molar-refractivity contribution >= 4 is 5.96 Å². The van der Waals surface area contributed by atoms with Gasteiger partial charge < -0.3 is 20.5 Å². The fourth-order valence-corrected chi connectivity index (χ4v) is 0.629. The highest BCUT2D eigenvalue weighted by atomic mass is 16.7. The SMILES string of the molecule is C=CCN=C(N)NC(C)OCOC. The van der Waals surface area contributed by atoms with Gasteiger partial charge in [0.2, 0.25) is 0 Å². The fraction of sp³-hybridized carbons (Fsp3) is 0.625. The van der Waals surface area contributed by atoms with E-state index < -0.39 is 0 Å². The van der Waals surface area contributed by atoms with Crippen LogP contribution in [0.4, 0.5) is 0 Å². The molecule has 0 rings (SSSR count). The molecule has 76 valence electrons. The molecular formula is C8H17N3O2. The lowest BCUT2D eigenvalue weighted by molar-refractivity contribution is -0.0699. The Labute approximate surface area is 78.6 Å². The van der Waals surface area contributed by atoms with Gasteiger partial charge in [0.15, 0.2) is 5.96 Å². The van der Waals surface area contributed by atoms with E-state index in [1.54, 1.807) is 13.2 Å². The van der Waals surface area contributed by atoms with Crippen LogP contribution in [0.15, 0.2) is 17.6 Å². The van der Waals surface area contributed by atoms with Crippen LogP contribution in [-0.4, -0.2) is 32.6 Å². The first kappa shape index (κ1) is 11.9. The van der Waals surface area contributed by atoms with Crippen molar-refractivity contribution in [3.8, 4) is 0 Å². The number of ether oxygens (including phenoxy) is 2. The van der Waals surface area contributed by atoms with Crippen LogP contribution in [0.3, 0.4) is 0 Å². The predicted octanol–water partition coefficient (Wildman–Crippen LogP) is 0.0432. The summed E-state index contributed by atoms with van der Waals surface area (Å²) >= 11 is 0. The third-order valence-electron chi connectivity index (χ3n) is 1.18. The average Bonchev–Trinajstić information content (AvgIpc) is 2.11. The summed E-state index contributed by atoms with van der Waals surface area (Å²) in [6.45, 7) is 6.06. The first-order valence-corrected chi connectivity index (χ1v) is 3.98. The first-order valence-electron chi connectivity index (χ1n) is 3.98. The number of methoxy groups -OCH3 is 1. The second-order valence-electron chi connectivity index (χ2n) is 2.37. The molecule has 1 unspecified atom stereocenters. The molecule has 3 N–H and O–H groups in total.